The second kappa shape index (κ2) is 5.73. The fraction of sp³-hybridized carbons (Fsp3) is 0.333. The third-order valence-corrected chi connectivity index (χ3v) is 6.25. The lowest BCUT2D eigenvalue weighted by Gasteiger charge is -2.20. The summed E-state index contributed by atoms with van der Waals surface area (Å²) in [6.45, 7) is 2.25. The van der Waals surface area contributed by atoms with Crippen LogP contribution in [0, 0.1) is 10.7 Å². The Morgan fingerprint density at radius 2 is 2.13 bits per heavy atom. The smallest absolute Gasteiger partial charge is 0.267 e. The molecule has 2 aromatic heterocycles. The van der Waals surface area contributed by atoms with Gasteiger partial charge in [-0.05, 0) is 55.1 Å². The van der Waals surface area contributed by atoms with Gasteiger partial charge in [-0.15, -0.1) is 11.3 Å². The zero-order valence-corrected chi connectivity index (χ0v) is 14.6. The molecular weight excluding hydrogens is 324 g/mol. The molecule has 118 valence electrons. The minimum absolute atomic E-state index is 0.0161. The molecule has 23 heavy (non-hydrogen) atoms. The van der Waals surface area contributed by atoms with Crippen LogP contribution in [0.3, 0.4) is 0 Å². The van der Waals surface area contributed by atoms with Crippen LogP contribution in [0.25, 0.3) is 15.9 Å². The number of fused-ring (bicyclic) bond motifs is 3. The zero-order valence-electron chi connectivity index (χ0n) is 13.0. The van der Waals surface area contributed by atoms with Crippen LogP contribution in [0.5, 0.6) is 0 Å². The average molecular weight is 342 g/mol. The maximum atomic E-state index is 13.1. The first-order valence-corrected chi connectivity index (χ1v) is 9.26. The van der Waals surface area contributed by atoms with E-state index in [1.54, 1.807) is 15.9 Å². The van der Waals surface area contributed by atoms with Crippen LogP contribution in [-0.2, 0) is 12.8 Å². The summed E-state index contributed by atoms with van der Waals surface area (Å²) in [6.07, 6.45) is 4.48. The first-order valence-electron chi connectivity index (χ1n) is 8.04. The maximum absolute atomic E-state index is 13.1. The molecule has 1 N–H and O–H groups in total. The largest absolute Gasteiger partial charge is 0.323 e. The van der Waals surface area contributed by atoms with Crippen molar-refractivity contribution < 1.29 is 0 Å². The molecule has 0 spiro atoms. The van der Waals surface area contributed by atoms with Crippen LogP contribution in [0.4, 0.5) is 0 Å². The number of benzene rings is 1. The standard InChI is InChI=1S/C18H18N2OS2/c1-2-11-8-9-13-14(10-11)23-16-15(13)17(21)20(18(22)19-16)12-6-4-3-5-7-12/h3-7,11H,2,8-10H2,1H3,(H,19,22). The van der Waals surface area contributed by atoms with Crippen LogP contribution in [-0.4, -0.2) is 9.55 Å². The van der Waals surface area contributed by atoms with Crippen molar-refractivity contribution in [1.82, 2.24) is 9.55 Å². The van der Waals surface area contributed by atoms with Gasteiger partial charge in [0.15, 0.2) is 4.77 Å². The molecule has 0 fully saturated rings. The fourth-order valence-corrected chi connectivity index (χ4v) is 5.19. The van der Waals surface area contributed by atoms with Gasteiger partial charge in [-0.1, -0.05) is 31.5 Å². The highest BCUT2D eigenvalue weighted by molar-refractivity contribution is 7.71. The normalized spacial score (nSPS) is 17.3. The lowest BCUT2D eigenvalue weighted by molar-refractivity contribution is 0.451. The van der Waals surface area contributed by atoms with Crippen molar-refractivity contribution >= 4 is 33.8 Å². The molecule has 0 saturated carbocycles. The van der Waals surface area contributed by atoms with Gasteiger partial charge in [0.1, 0.15) is 4.83 Å². The number of aromatic amines is 1. The SMILES string of the molecule is CCC1CCc2c(sc3[nH]c(=S)n(-c4ccccc4)c(=O)c23)C1. The molecule has 1 aliphatic carbocycles. The summed E-state index contributed by atoms with van der Waals surface area (Å²) in [5.74, 6) is 0.745. The third-order valence-electron chi connectivity index (χ3n) is 4.80. The Morgan fingerprint density at radius 1 is 1.35 bits per heavy atom. The van der Waals surface area contributed by atoms with Gasteiger partial charge in [0.2, 0.25) is 0 Å². The summed E-state index contributed by atoms with van der Waals surface area (Å²) in [4.78, 5) is 18.7. The first kappa shape index (κ1) is 14.8. The molecule has 1 aromatic carbocycles. The number of thiophene rings is 1. The molecule has 3 aromatic rings. The van der Waals surface area contributed by atoms with E-state index in [1.165, 1.54) is 23.3 Å². The van der Waals surface area contributed by atoms with E-state index in [1.807, 2.05) is 30.3 Å². The Bertz CT molecular complexity index is 982. The quantitative estimate of drug-likeness (QED) is 0.690. The van der Waals surface area contributed by atoms with E-state index < -0.39 is 0 Å². The number of rotatable bonds is 2. The van der Waals surface area contributed by atoms with Crippen LogP contribution < -0.4 is 5.56 Å². The van der Waals surface area contributed by atoms with Crippen LogP contribution in [0.15, 0.2) is 35.1 Å². The Balaban J connectivity index is 1.99. The topological polar surface area (TPSA) is 37.8 Å². The molecule has 1 aliphatic rings. The predicted octanol–water partition coefficient (Wildman–Crippen LogP) is 4.62. The van der Waals surface area contributed by atoms with Crippen molar-refractivity contribution in [2.24, 2.45) is 5.92 Å². The Hall–Kier alpha value is -1.72. The van der Waals surface area contributed by atoms with Crippen molar-refractivity contribution in [1.29, 1.82) is 0 Å². The van der Waals surface area contributed by atoms with Gasteiger partial charge in [-0.2, -0.15) is 0 Å². The third kappa shape index (κ3) is 2.39. The second-order valence-corrected chi connectivity index (χ2v) is 7.62. The van der Waals surface area contributed by atoms with Crippen molar-refractivity contribution in [3.8, 4) is 5.69 Å². The van der Waals surface area contributed by atoms with Gasteiger partial charge in [0.05, 0.1) is 11.1 Å². The number of aromatic nitrogens is 2. The average Bonchev–Trinajstić information content (AvgIpc) is 2.92. The molecular formula is C18H18N2OS2. The van der Waals surface area contributed by atoms with E-state index in [2.05, 4.69) is 11.9 Å². The zero-order chi connectivity index (χ0) is 16.0. The van der Waals surface area contributed by atoms with Crippen LogP contribution in [0.2, 0.25) is 0 Å². The molecule has 0 bridgehead atoms. The first-order chi connectivity index (χ1) is 11.2. The summed E-state index contributed by atoms with van der Waals surface area (Å²) >= 11 is 7.17. The van der Waals surface area contributed by atoms with Crippen molar-refractivity contribution in [2.45, 2.75) is 32.6 Å². The number of para-hydroxylation sites is 1. The van der Waals surface area contributed by atoms with E-state index in [0.717, 1.165) is 34.7 Å². The molecule has 5 heteroatoms. The molecule has 1 atom stereocenters. The molecule has 1 unspecified atom stereocenters. The van der Waals surface area contributed by atoms with Gasteiger partial charge in [0.25, 0.3) is 5.56 Å². The highest BCUT2D eigenvalue weighted by Crippen LogP contribution is 2.36. The highest BCUT2D eigenvalue weighted by Gasteiger charge is 2.24. The van der Waals surface area contributed by atoms with Gasteiger partial charge in [-0.25, -0.2) is 0 Å². The number of aryl methyl sites for hydroxylation is 1. The molecule has 0 amide bonds. The van der Waals surface area contributed by atoms with E-state index in [9.17, 15) is 4.79 Å². The number of hydrogen-bond acceptors (Lipinski definition) is 3. The van der Waals surface area contributed by atoms with Gasteiger partial charge >= 0.3 is 0 Å². The highest BCUT2D eigenvalue weighted by atomic mass is 32.1. The minimum atomic E-state index is 0.0161. The van der Waals surface area contributed by atoms with E-state index in [-0.39, 0.29) is 5.56 Å². The van der Waals surface area contributed by atoms with Crippen molar-refractivity contribution in [3.05, 3.63) is 55.9 Å². The van der Waals surface area contributed by atoms with E-state index in [4.69, 9.17) is 12.2 Å². The van der Waals surface area contributed by atoms with Crippen LogP contribution >= 0.6 is 23.6 Å². The number of nitrogens with one attached hydrogen (secondary N) is 1. The lowest BCUT2D eigenvalue weighted by atomic mass is 9.86. The van der Waals surface area contributed by atoms with Gasteiger partial charge < -0.3 is 4.98 Å². The van der Waals surface area contributed by atoms with E-state index in [0.29, 0.717) is 4.77 Å². The Kier molecular flexibility index (Phi) is 3.70. The minimum Gasteiger partial charge on any atom is -0.323 e. The maximum Gasteiger partial charge on any atom is 0.267 e. The molecule has 4 rings (SSSR count). The number of nitrogens with zero attached hydrogens (tertiary/aromatic N) is 1. The summed E-state index contributed by atoms with van der Waals surface area (Å²) in [5, 5.41) is 0.844. The van der Waals surface area contributed by atoms with Gasteiger partial charge in [0, 0.05) is 4.88 Å². The van der Waals surface area contributed by atoms with Crippen molar-refractivity contribution in [3.63, 3.8) is 0 Å². The van der Waals surface area contributed by atoms with Crippen LogP contribution in [0.1, 0.15) is 30.2 Å². The van der Waals surface area contributed by atoms with Gasteiger partial charge in [-0.3, -0.25) is 9.36 Å². The predicted molar refractivity (Wildman–Crippen MR) is 98.4 cm³/mol. The summed E-state index contributed by atoms with van der Waals surface area (Å²) < 4.78 is 2.09. The molecule has 0 saturated heterocycles. The molecule has 3 nitrogen and oxygen atoms in total. The monoisotopic (exact) mass is 342 g/mol. The van der Waals surface area contributed by atoms with E-state index >= 15 is 0 Å². The second-order valence-electron chi connectivity index (χ2n) is 6.13. The molecule has 0 radical (unpaired) electrons. The molecule has 2 heterocycles. The number of H-pyrrole nitrogens is 1. The number of hydrogen-bond donors (Lipinski definition) is 1. The summed E-state index contributed by atoms with van der Waals surface area (Å²) in [5.41, 5.74) is 2.08. The van der Waals surface area contributed by atoms with Crippen molar-refractivity contribution in [2.75, 3.05) is 0 Å². The fourth-order valence-electron chi connectivity index (χ4n) is 3.49. The molecule has 0 aliphatic heterocycles. The summed E-state index contributed by atoms with van der Waals surface area (Å²) in [7, 11) is 0. The Morgan fingerprint density at radius 3 is 2.87 bits per heavy atom. The summed E-state index contributed by atoms with van der Waals surface area (Å²) in [6, 6.07) is 9.63. The lowest BCUT2D eigenvalue weighted by Crippen LogP contribution is -2.21. The Labute approximate surface area is 143 Å².